The molecule has 0 aliphatic carbocycles. The number of likely N-dealkylation sites (N-methyl/N-ethyl adjacent to an activating group) is 1. The Kier molecular flexibility index (Phi) is 7.39. The van der Waals surface area contributed by atoms with Gasteiger partial charge in [0.15, 0.2) is 5.78 Å². The summed E-state index contributed by atoms with van der Waals surface area (Å²) >= 11 is 0. The number of aromatic nitrogens is 1. The maximum Gasteiger partial charge on any atom is 0.354 e. The number of hydrogen-bond acceptors (Lipinski definition) is 4. The molecule has 0 aliphatic rings. The minimum atomic E-state index is -0.454. The zero-order valence-corrected chi connectivity index (χ0v) is 16.4. The summed E-state index contributed by atoms with van der Waals surface area (Å²) in [4.78, 5) is 38.8. The molecule has 0 saturated carbocycles. The molecule has 0 spiro atoms. The lowest BCUT2D eigenvalue weighted by atomic mass is 10.0. The van der Waals surface area contributed by atoms with E-state index in [4.69, 9.17) is 4.74 Å². The molecular weight excluding hydrogens is 320 g/mol. The van der Waals surface area contributed by atoms with Crippen molar-refractivity contribution in [3.8, 4) is 0 Å². The number of ether oxygens (including phenoxy) is 1. The molecule has 6 heteroatoms. The molecule has 1 amide bonds. The monoisotopic (exact) mass is 350 g/mol. The van der Waals surface area contributed by atoms with E-state index in [1.165, 1.54) is 7.11 Å². The van der Waals surface area contributed by atoms with Crippen LogP contribution >= 0.6 is 0 Å². The third-order valence-corrected chi connectivity index (χ3v) is 4.39. The topological polar surface area (TPSA) is 68.6 Å². The van der Waals surface area contributed by atoms with Crippen LogP contribution in [0.25, 0.3) is 0 Å². The first kappa shape index (κ1) is 20.9. The van der Waals surface area contributed by atoms with E-state index in [-0.39, 0.29) is 24.2 Å². The Hall–Kier alpha value is -2.11. The van der Waals surface area contributed by atoms with Crippen LogP contribution in [0.15, 0.2) is 0 Å². The van der Waals surface area contributed by atoms with E-state index >= 15 is 0 Å². The first-order chi connectivity index (χ1) is 11.7. The van der Waals surface area contributed by atoms with Gasteiger partial charge in [-0.25, -0.2) is 4.79 Å². The highest BCUT2D eigenvalue weighted by atomic mass is 16.5. The highest BCUT2D eigenvalue weighted by molar-refractivity contribution is 6.04. The number of esters is 1. The Morgan fingerprint density at radius 3 is 2.20 bits per heavy atom. The smallest absolute Gasteiger partial charge is 0.354 e. The molecule has 0 atom stereocenters. The van der Waals surface area contributed by atoms with E-state index in [1.807, 2.05) is 34.6 Å². The summed E-state index contributed by atoms with van der Waals surface area (Å²) in [7, 11) is 1.33. The molecule has 1 heterocycles. The molecule has 0 N–H and O–H groups in total. The molecule has 0 bridgehead atoms. The first-order valence-corrected chi connectivity index (χ1v) is 8.78. The summed E-state index contributed by atoms with van der Waals surface area (Å²) in [5, 5.41) is 0. The van der Waals surface area contributed by atoms with Crippen LogP contribution < -0.4 is 0 Å². The maximum absolute atomic E-state index is 12.9. The fraction of sp³-hybridized carbons (Fsp3) is 0.632. The predicted octanol–water partition coefficient (Wildman–Crippen LogP) is 2.99. The van der Waals surface area contributed by atoms with E-state index in [1.54, 1.807) is 16.4 Å². The van der Waals surface area contributed by atoms with Gasteiger partial charge >= 0.3 is 5.97 Å². The van der Waals surface area contributed by atoms with Gasteiger partial charge in [0.1, 0.15) is 5.69 Å². The molecule has 140 valence electrons. The van der Waals surface area contributed by atoms with Gasteiger partial charge in [-0.3, -0.25) is 9.59 Å². The molecule has 6 nitrogen and oxygen atoms in total. The van der Waals surface area contributed by atoms with Gasteiger partial charge in [0.25, 0.3) is 0 Å². The highest BCUT2D eigenvalue weighted by Crippen LogP contribution is 2.24. The maximum atomic E-state index is 12.9. The Labute approximate surface area is 150 Å². The summed E-state index contributed by atoms with van der Waals surface area (Å²) in [6, 6.07) is 0. The van der Waals surface area contributed by atoms with Crippen molar-refractivity contribution >= 4 is 17.7 Å². The second kappa shape index (κ2) is 8.83. The number of amides is 1. The standard InChI is InChI=1S/C19H30N2O4/c1-8-20(16(23)10-12(3)4)11-15(22)17-13(5)18(19(24)25-7)21(9-2)14(17)6/h12H,8-11H2,1-7H3. The molecule has 0 aliphatic heterocycles. The molecule has 1 aromatic heterocycles. The van der Waals surface area contributed by atoms with Crippen molar-refractivity contribution in [2.24, 2.45) is 5.92 Å². The van der Waals surface area contributed by atoms with Crippen LogP contribution in [0.5, 0.6) is 0 Å². The minimum absolute atomic E-state index is 0.0238. The van der Waals surface area contributed by atoms with Crippen molar-refractivity contribution in [3.05, 3.63) is 22.5 Å². The lowest BCUT2D eigenvalue weighted by molar-refractivity contribution is -0.131. The molecule has 0 aromatic carbocycles. The fourth-order valence-corrected chi connectivity index (χ4v) is 3.17. The number of carbonyl (C=O) groups excluding carboxylic acids is 3. The Balaban J connectivity index is 3.19. The van der Waals surface area contributed by atoms with E-state index in [9.17, 15) is 14.4 Å². The normalized spacial score (nSPS) is 10.9. The molecular formula is C19H30N2O4. The first-order valence-electron chi connectivity index (χ1n) is 8.78. The summed E-state index contributed by atoms with van der Waals surface area (Å²) in [5.74, 6) is -0.382. The van der Waals surface area contributed by atoms with Crippen LogP contribution in [0.1, 0.15) is 66.2 Å². The average molecular weight is 350 g/mol. The summed E-state index contributed by atoms with van der Waals surface area (Å²) in [6.07, 6.45) is 0.419. The number of carbonyl (C=O) groups is 3. The van der Waals surface area contributed by atoms with Gasteiger partial charge in [-0.1, -0.05) is 13.8 Å². The molecule has 0 radical (unpaired) electrons. The fourth-order valence-electron chi connectivity index (χ4n) is 3.17. The zero-order valence-electron chi connectivity index (χ0n) is 16.4. The van der Waals surface area contributed by atoms with E-state index < -0.39 is 5.97 Å². The van der Waals surface area contributed by atoms with Crippen molar-refractivity contribution in [3.63, 3.8) is 0 Å². The van der Waals surface area contributed by atoms with Crippen molar-refractivity contribution in [2.45, 2.75) is 54.5 Å². The molecule has 1 rings (SSSR count). The van der Waals surface area contributed by atoms with Crippen LogP contribution in [-0.2, 0) is 16.1 Å². The van der Waals surface area contributed by atoms with Crippen LogP contribution in [0, 0.1) is 19.8 Å². The van der Waals surface area contributed by atoms with Crippen molar-refractivity contribution in [1.29, 1.82) is 0 Å². The minimum Gasteiger partial charge on any atom is -0.464 e. The average Bonchev–Trinajstić information content (AvgIpc) is 2.80. The van der Waals surface area contributed by atoms with Crippen molar-refractivity contribution < 1.29 is 19.1 Å². The van der Waals surface area contributed by atoms with Crippen molar-refractivity contribution in [2.75, 3.05) is 20.2 Å². The van der Waals surface area contributed by atoms with E-state index in [0.717, 1.165) is 5.69 Å². The number of nitrogens with zero attached hydrogens (tertiary/aromatic N) is 2. The predicted molar refractivity (Wildman–Crippen MR) is 97.0 cm³/mol. The third kappa shape index (κ3) is 4.50. The molecule has 1 aromatic rings. The van der Waals surface area contributed by atoms with E-state index in [0.29, 0.717) is 36.3 Å². The number of rotatable bonds is 8. The number of methoxy groups -OCH3 is 1. The molecule has 0 unspecified atom stereocenters. The highest BCUT2D eigenvalue weighted by Gasteiger charge is 2.27. The van der Waals surface area contributed by atoms with Crippen LogP contribution in [-0.4, -0.2) is 47.3 Å². The summed E-state index contributed by atoms with van der Waals surface area (Å²) in [5.41, 5.74) is 2.27. The Bertz CT molecular complexity index is 659. The van der Waals surface area contributed by atoms with Crippen molar-refractivity contribution in [1.82, 2.24) is 9.47 Å². The Morgan fingerprint density at radius 2 is 1.76 bits per heavy atom. The summed E-state index contributed by atoms with van der Waals surface area (Å²) < 4.78 is 6.65. The molecule has 0 fully saturated rings. The van der Waals surface area contributed by atoms with Crippen LogP contribution in [0.4, 0.5) is 0 Å². The molecule has 0 saturated heterocycles. The van der Waals surface area contributed by atoms with Crippen LogP contribution in [0.2, 0.25) is 0 Å². The van der Waals surface area contributed by atoms with Crippen LogP contribution in [0.3, 0.4) is 0 Å². The van der Waals surface area contributed by atoms with Gasteiger partial charge in [-0.15, -0.1) is 0 Å². The van der Waals surface area contributed by atoms with Gasteiger partial charge in [0, 0.05) is 30.8 Å². The number of Topliss-reactive ketones (excluding diaryl/α,β-unsaturated/α-hetero) is 1. The second-order valence-electron chi connectivity index (χ2n) is 6.60. The second-order valence-corrected chi connectivity index (χ2v) is 6.60. The lowest BCUT2D eigenvalue weighted by Gasteiger charge is -2.21. The largest absolute Gasteiger partial charge is 0.464 e. The van der Waals surface area contributed by atoms with Gasteiger partial charge < -0.3 is 14.2 Å². The third-order valence-electron chi connectivity index (χ3n) is 4.39. The lowest BCUT2D eigenvalue weighted by Crippen LogP contribution is -2.36. The zero-order chi connectivity index (χ0) is 19.3. The van der Waals surface area contributed by atoms with Gasteiger partial charge in [0.2, 0.25) is 5.91 Å². The van der Waals surface area contributed by atoms with Gasteiger partial charge in [-0.2, -0.15) is 0 Å². The Morgan fingerprint density at radius 1 is 1.16 bits per heavy atom. The van der Waals surface area contributed by atoms with Gasteiger partial charge in [0.05, 0.1) is 13.7 Å². The number of hydrogen-bond donors (Lipinski definition) is 0. The van der Waals surface area contributed by atoms with Gasteiger partial charge in [-0.05, 0) is 39.2 Å². The number of ketones is 1. The van der Waals surface area contributed by atoms with E-state index in [2.05, 4.69) is 0 Å². The summed E-state index contributed by atoms with van der Waals surface area (Å²) in [6.45, 7) is 12.4. The molecule has 25 heavy (non-hydrogen) atoms. The quantitative estimate of drug-likeness (QED) is 0.534. The SMILES string of the molecule is CCN(CC(=O)c1c(C)c(C(=O)OC)n(CC)c1C)C(=O)CC(C)C.